The summed E-state index contributed by atoms with van der Waals surface area (Å²) in [6, 6.07) is 22.7. The molecule has 0 spiro atoms. The molecule has 1 fully saturated rings. The Morgan fingerprint density at radius 2 is 1.69 bits per heavy atom. The van der Waals surface area contributed by atoms with Crippen LogP contribution < -0.4 is 15.0 Å². The molecule has 3 aromatic carbocycles. The summed E-state index contributed by atoms with van der Waals surface area (Å²) in [6.07, 6.45) is 0.821. The van der Waals surface area contributed by atoms with Crippen molar-refractivity contribution in [3.8, 4) is 5.75 Å². The van der Waals surface area contributed by atoms with Gasteiger partial charge in [-0.2, -0.15) is 0 Å². The molecule has 1 N–H and O–H groups in total. The normalized spacial score (nSPS) is 18.3. The van der Waals surface area contributed by atoms with Gasteiger partial charge in [0.1, 0.15) is 5.75 Å². The van der Waals surface area contributed by atoms with Crippen LogP contribution in [0, 0.1) is 19.8 Å². The second kappa shape index (κ2) is 9.27. The van der Waals surface area contributed by atoms with E-state index in [2.05, 4.69) is 5.32 Å². The maximum absolute atomic E-state index is 13.5. The second-order valence-electron chi connectivity index (χ2n) is 8.20. The van der Waals surface area contributed by atoms with Gasteiger partial charge in [-0.25, -0.2) is 0 Å². The van der Waals surface area contributed by atoms with Gasteiger partial charge in [-0.3, -0.25) is 9.59 Å². The van der Waals surface area contributed by atoms with E-state index < -0.39 is 6.04 Å². The Morgan fingerprint density at radius 3 is 2.38 bits per heavy atom. The number of rotatable bonds is 5. The van der Waals surface area contributed by atoms with Gasteiger partial charge in [0.05, 0.1) is 19.1 Å². The number of amides is 2. The summed E-state index contributed by atoms with van der Waals surface area (Å²) in [5, 5.41) is 3.13. The van der Waals surface area contributed by atoms with E-state index in [4.69, 9.17) is 4.74 Å². The van der Waals surface area contributed by atoms with E-state index in [-0.39, 0.29) is 17.7 Å². The number of hydrogen-bond donors (Lipinski definition) is 1. The summed E-state index contributed by atoms with van der Waals surface area (Å²) in [6.45, 7) is 4.04. The first-order chi connectivity index (χ1) is 15.5. The minimum Gasteiger partial charge on any atom is -0.497 e. The fourth-order valence-electron chi connectivity index (χ4n) is 4.36. The zero-order valence-corrected chi connectivity index (χ0v) is 18.7. The van der Waals surface area contributed by atoms with Gasteiger partial charge in [-0.05, 0) is 67.3 Å². The molecule has 0 aliphatic carbocycles. The van der Waals surface area contributed by atoms with E-state index in [9.17, 15) is 9.59 Å². The van der Waals surface area contributed by atoms with Crippen LogP contribution in [-0.4, -0.2) is 18.9 Å². The Kier molecular flexibility index (Phi) is 6.26. The molecule has 3 aromatic rings. The van der Waals surface area contributed by atoms with Crippen molar-refractivity contribution in [2.45, 2.75) is 32.7 Å². The molecule has 0 aromatic heterocycles. The van der Waals surface area contributed by atoms with Gasteiger partial charge in [-0.1, -0.05) is 42.5 Å². The number of carbonyl (C=O) groups excluding carboxylic acids is 2. The minimum absolute atomic E-state index is 0.0137. The van der Waals surface area contributed by atoms with Gasteiger partial charge in [0, 0.05) is 17.8 Å². The summed E-state index contributed by atoms with van der Waals surface area (Å²) in [4.78, 5) is 28.4. The Bertz CT molecular complexity index is 1110. The first-order valence-corrected chi connectivity index (χ1v) is 10.9. The van der Waals surface area contributed by atoms with Gasteiger partial charge in [-0.15, -0.1) is 0 Å². The largest absolute Gasteiger partial charge is 0.497 e. The molecule has 2 amide bonds. The highest BCUT2D eigenvalue weighted by molar-refractivity contribution is 6.00. The van der Waals surface area contributed by atoms with Crippen molar-refractivity contribution in [1.29, 1.82) is 0 Å². The Hall–Kier alpha value is -3.60. The average Bonchev–Trinajstić information content (AvgIpc) is 2.82. The van der Waals surface area contributed by atoms with Crippen molar-refractivity contribution in [1.82, 2.24) is 0 Å². The molecular weight excluding hydrogens is 400 g/mol. The highest BCUT2D eigenvalue weighted by Gasteiger charge is 2.41. The van der Waals surface area contributed by atoms with Crippen LogP contribution in [0.5, 0.6) is 5.75 Å². The van der Waals surface area contributed by atoms with Gasteiger partial charge in [0.2, 0.25) is 11.8 Å². The summed E-state index contributed by atoms with van der Waals surface area (Å²) < 4.78 is 5.27. The van der Waals surface area contributed by atoms with Crippen LogP contribution in [0.15, 0.2) is 72.8 Å². The topological polar surface area (TPSA) is 58.6 Å². The first-order valence-electron chi connectivity index (χ1n) is 10.9. The molecule has 0 unspecified atom stereocenters. The summed E-state index contributed by atoms with van der Waals surface area (Å²) in [5.74, 6) is 0.286. The standard InChI is InChI=1S/C27H28N2O3/c1-18-8-7-11-24(19(18)2)28-27(31)23-16-17-25(30)29(21-12-14-22(32-3)15-13-21)26(23)20-9-5-4-6-10-20/h4-15,23,26H,16-17H2,1-3H3,(H,28,31)/t23-,26-/m0/s1. The number of aryl methyl sites for hydroxylation is 1. The molecule has 0 saturated carbocycles. The van der Waals surface area contributed by atoms with E-state index in [1.165, 1.54) is 0 Å². The molecule has 0 radical (unpaired) electrons. The molecule has 1 saturated heterocycles. The van der Waals surface area contributed by atoms with E-state index in [1.54, 1.807) is 12.0 Å². The molecule has 164 valence electrons. The van der Waals surface area contributed by atoms with Crippen molar-refractivity contribution in [3.05, 3.63) is 89.5 Å². The van der Waals surface area contributed by atoms with Crippen LogP contribution in [-0.2, 0) is 9.59 Å². The van der Waals surface area contributed by atoms with Crippen molar-refractivity contribution in [3.63, 3.8) is 0 Å². The maximum atomic E-state index is 13.5. The molecule has 1 aliphatic heterocycles. The SMILES string of the molecule is COc1ccc(N2C(=O)CC[C@H](C(=O)Nc3cccc(C)c3C)[C@@H]2c2ccccc2)cc1. The number of hydrogen-bond acceptors (Lipinski definition) is 3. The van der Waals surface area contributed by atoms with Crippen LogP contribution in [0.4, 0.5) is 11.4 Å². The lowest BCUT2D eigenvalue weighted by molar-refractivity contribution is -0.125. The predicted octanol–water partition coefficient (Wildman–Crippen LogP) is 5.44. The van der Waals surface area contributed by atoms with Crippen LogP contribution in [0.3, 0.4) is 0 Å². The van der Waals surface area contributed by atoms with Crippen molar-refractivity contribution in [2.75, 3.05) is 17.3 Å². The summed E-state index contributed by atoms with van der Waals surface area (Å²) in [5.41, 5.74) is 4.69. The fourth-order valence-corrected chi connectivity index (χ4v) is 4.36. The van der Waals surface area contributed by atoms with E-state index in [0.29, 0.717) is 12.8 Å². The third-order valence-electron chi connectivity index (χ3n) is 6.29. The van der Waals surface area contributed by atoms with Crippen LogP contribution in [0.1, 0.15) is 35.6 Å². The average molecular weight is 429 g/mol. The Labute approximate surface area is 189 Å². The second-order valence-corrected chi connectivity index (χ2v) is 8.20. The number of benzene rings is 3. The number of carbonyl (C=O) groups is 2. The fraction of sp³-hybridized carbons (Fsp3) is 0.259. The third-order valence-corrected chi connectivity index (χ3v) is 6.29. The van der Waals surface area contributed by atoms with Gasteiger partial charge >= 0.3 is 0 Å². The van der Waals surface area contributed by atoms with Crippen LogP contribution >= 0.6 is 0 Å². The van der Waals surface area contributed by atoms with E-state index >= 15 is 0 Å². The van der Waals surface area contributed by atoms with Crippen LogP contribution in [0.2, 0.25) is 0 Å². The molecule has 4 rings (SSSR count). The van der Waals surface area contributed by atoms with Gasteiger partial charge in [0.15, 0.2) is 0 Å². The Balaban J connectivity index is 1.72. The monoisotopic (exact) mass is 428 g/mol. The first kappa shape index (κ1) is 21.6. The molecule has 2 atom stereocenters. The summed E-state index contributed by atoms with van der Waals surface area (Å²) >= 11 is 0. The van der Waals surface area contributed by atoms with E-state index in [0.717, 1.165) is 33.8 Å². The number of nitrogens with zero attached hydrogens (tertiary/aromatic N) is 1. The lowest BCUT2D eigenvalue weighted by Gasteiger charge is -2.41. The predicted molar refractivity (Wildman–Crippen MR) is 127 cm³/mol. The molecule has 5 nitrogen and oxygen atoms in total. The minimum atomic E-state index is -0.393. The molecule has 0 bridgehead atoms. The number of piperidine rings is 1. The lowest BCUT2D eigenvalue weighted by atomic mass is 9.83. The zero-order valence-electron chi connectivity index (χ0n) is 18.7. The maximum Gasteiger partial charge on any atom is 0.229 e. The van der Waals surface area contributed by atoms with E-state index in [1.807, 2.05) is 86.6 Å². The van der Waals surface area contributed by atoms with Crippen molar-refractivity contribution in [2.24, 2.45) is 5.92 Å². The van der Waals surface area contributed by atoms with Gasteiger partial charge in [0.25, 0.3) is 0 Å². The van der Waals surface area contributed by atoms with Crippen molar-refractivity contribution < 1.29 is 14.3 Å². The highest BCUT2D eigenvalue weighted by atomic mass is 16.5. The molecular formula is C27H28N2O3. The molecule has 1 heterocycles. The third kappa shape index (κ3) is 4.24. The zero-order chi connectivity index (χ0) is 22.7. The lowest BCUT2D eigenvalue weighted by Crippen LogP contribution is -2.47. The molecule has 1 aliphatic rings. The number of anilines is 2. The number of methoxy groups -OCH3 is 1. The van der Waals surface area contributed by atoms with Crippen molar-refractivity contribution >= 4 is 23.2 Å². The molecule has 32 heavy (non-hydrogen) atoms. The smallest absolute Gasteiger partial charge is 0.229 e. The molecule has 5 heteroatoms. The number of nitrogens with one attached hydrogen (secondary N) is 1. The Morgan fingerprint density at radius 1 is 0.969 bits per heavy atom. The summed E-state index contributed by atoms with van der Waals surface area (Å²) in [7, 11) is 1.61. The van der Waals surface area contributed by atoms with Crippen LogP contribution in [0.25, 0.3) is 0 Å². The highest BCUT2D eigenvalue weighted by Crippen LogP contribution is 2.41. The van der Waals surface area contributed by atoms with Gasteiger partial charge < -0.3 is 15.0 Å². The number of ether oxygens (including phenoxy) is 1. The quantitative estimate of drug-likeness (QED) is 0.589.